The second kappa shape index (κ2) is 4.13. The zero-order chi connectivity index (χ0) is 10.8. The van der Waals surface area contributed by atoms with Crippen molar-refractivity contribution in [2.75, 3.05) is 7.05 Å². The molecule has 0 aliphatic heterocycles. The molecule has 0 aliphatic carbocycles. The van der Waals surface area contributed by atoms with E-state index in [9.17, 15) is 4.79 Å². The number of benzene rings is 1. The van der Waals surface area contributed by atoms with Crippen LogP contribution in [-0.4, -0.2) is 13.0 Å². The first-order chi connectivity index (χ1) is 6.48. The maximum absolute atomic E-state index is 11.6. The van der Waals surface area contributed by atoms with E-state index in [0.29, 0.717) is 0 Å². The Labute approximate surface area is 92.8 Å². The van der Waals surface area contributed by atoms with Crippen LogP contribution in [0, 0.1) is 0 Å². The first-order valence-electron chi connectivity index (χ1n) is 4.46. The summed E-state index contributed by atoms with van der Waals surface area (Å²) in [5.74, 6) is 0.0237. The molecule has 0 saturated carbocycles. The van der Waals surface area contributed by atoms with Crippen LogP contribution in [0.5, 0.6) is 0 Å². The van der Waals surface area contributed by atoms with Crippen molar-refractivity contribution in [2.45, 2.75) is 19.3 Å². The van der Waals surface area contributed by atoms with E-state index in [1.165, 1.54) is 0 Å². The third kappa shape index (κ3) is 2.15. The molecule has 1 aromatic rings. The van der Waals surface area contributed by atoms with E-state index in [1.807, 2.05) is 38.1 Å². The van der Waals surface area contributed by atoms with Gasteiger partial charge in [0.2, 0.25) is 5.91 Å². The van der Waals surface area contributed by atoms with Crippen LogP contribution in [0.15, 0.2) is 28.7 Å². The molecule has 1 rings (SSSR count). The normalized spacial score (nSPS) is 11.1. The molecule has 1 aromatic carbocycles. The zero-order valence-electron chi connectivity index (χ0n) is 8.60. The summed E-state index contributed by atoms with van der Waals surface area (Å²) in [6.45, 7) is 3.82. The number of hydrogen-bond acceptors (Lipinski definition) is 1. The number of nitrogens with one attached hydrogen (secondary N) is 1. The van der Waals surface area contributed by atoms with Gasteiger partial charge in [-0.15, -0.1) is 0 Å². The lowest BCUT2D eigenvalue weighted by molar-refractivity contribution is -0.125. The first-order valence-corrected chi connectivity index (χ1v) is 5.26. The predicted molar refractivity (Wildman–Crippen MR) is 61.2 cm³/mol. The van der Waals surface area contributed by atoms with E-state index in [4.69, 9.17) is 0 Å². The molecule has 0 aliphatic rings. The summed E-state index contributed by atoms with van der Waals surface area (Å²) in [5, 5.41) is 2.67. The smallest absolute Gasteiger partial charge is 0.229 e. The molecule has 1 amide bonds. The Bertz CT molecular complexity index is 347. The third-order valence-corrected chi connectivity index (χ3v) is 2.83. The summed E-state index contributed by atoms with van der Waals surface area (Å²) >= 11 is 3.39. The topological polar surface area (TPSA) is 29.1 Å². The number of amides is 1. The first kappa shape index (κ1) is 11.2. The van der Waals surface area contributed by atoms with Crippen LogP contribution >= 0.6 is 15.9 Å². The summed E-state index contributed by atoms with van der Waals surface area (Å²) < 4.78 is 0.993. The molecule has 14 heavy (non-hydrogen) atoms. The van der Waals surface area contributed by atoms with Gasteiger partial charge in [-0.05, 0) is 31.5 Å². The molecule has 1 N–H and O–H groups in total. The number of halogens is 1. The standard InChI is InChI=1S/C11H14BrNO/c1-11(2,10(14)13-3)8-5-4-6-9(12)7-8/h4-7H,1-3H3,(H,13,14). The number of carbonyl (C=O) groups is 1. The molecule has 0 aromatic heterocycles. The highest BCUT2D eigenvalue weighted by Gasteiger charge is 2.28. The summed E-state index contributed by atoms with van der Waals surface area (Å²) in [5.41, 5.74) is 0.518. The van der Waals surface area contributed by atoms with Crippen LogP contribution in [0.4, 0.5) is 0 Å². The molecule has 0 bridgehead atoms. The van der Waals surface area contributed by atoms with Crippen molar-refractivity contribution in [1.29, 1.82) is 0 Å². The third-order valence-electron chi connectivity index (χ3n) is 2.34. The minimum absolute atomic E-state index is 0.0237. The summed E-state index contributed by atoms with van der Waals surface area (Å²) in [4.78, 5) is 11.6. The summed E-state index contributed by atoms with van der Waals surface area (Å²) in [6.07, 6.45) is 0. The Kier molecular flexibility index (Phi) is 3.32. The Morgan fingerprint density at radius 3 is 2.57 bits per heavy atom. The van der Waals surface area contributed by atoms with Crippen molar-refractivity contribution in [1.82, 2.24) is 5.32 Å². The van der Waals surface area contributed by atoms with Crippen LogP contribution in [0.2, 0.25) is 0 Å². The van der Waals surface area contributed by atoms with Crippen LogP contribution in [0.25, 0.3) is 0 Å². The molecule has 0 spiro atoms. The van der Waals surface area contributed by atoms with Crippen LogP contribution < -0.4 is 5.32 Å². The fourth-order valence-electron chi connectivity index (χ4n) is 1.32. The molecule has 0 atom stereocenters. The number of carbonyl (C=O) groups excluding carboxylic acids is 1. The van der Waals surface area contributed by atoms with Crippen molar-refractivity contribution in [2.24, 2.45) is 0 Å². The van der Waals surface area contributed by atoms with Gasteiger partial charge in [-0.25, -0.2) is 0 Å². The van der Waals surface area contributed by atoms with Gasteiger partial charge in [-0.2, -0.15) is 0 Å². The quantitative estimate of drug-likeness (QED) is 0.865. The van der Waals surface area contributed by atoms with E-state index >= 15 is 0 Å². The second-order valence-corrected chi connectivity index (χ2v) is 4.63. The van der Waals surface area contributed by atoms with E-state index < -0.39 is 5.41 Å². The molecular weight excluding hydrogens is 242 g/mol. The van der Waals surface area contributed by atoms with Gasteiger partial charge in [0.25, 0.3) is 0 Å². The molecule has 0 radical (unpaired) electrons. The minimum atomic E-state index is -0.488. The SMILES string of the molecule is CNC(=O)C(C)(C)c1cccc(Br)c1. The van der Waals surface area contributed by atoms with E-state index in [-0.39, 0.29) is 5.91 Å². The number of hydrogen-bond donors (Lipinski definition) is 1. The minimum Gasteiger partial charge on any atom is -0.358 e. The Balaban J connectivity index is 3.09. The van der Waals surface area contributed by atoms with Crippen molar-refractivity contribution >= 4 is 21.8 Å². The molecule has 2 nitrogen and oxygen atoms in total. The molecular formula is C11H14BrNO. The van der Waals surface area contributed by atoms with Gasteiger partial charge >= 0.3 is 0 Å². The summed E-state index contributed by atoms with van der Waals surface area (Å²) in [6, 6.07) is 7.81. The fraction of sp³-hybridized carbons (Fsp3) is 0.364. The molecule has 0 fully saturated rings. The maximum atomic E-state index is 11.6. The molecule has 3 heteroatoms. The highest BCUT2D eigenvalue weighted by Crippen LogP contribution is 2.25. The molecule has 76 valence electrons. The lowest BCUT2D eigenvalue weighted by Crippen LogP contribution is -2.37. The van der Waals surface area contributed by atoms with Gasteiger partial charge < -0.3 is 5.32 Å². The Hall–Kier alpha value is -0.830. The Morgan fingerprint density at radius 1 is 1.43 bits per heavy atom. The van der Waals surface area contributed by atoms with Gasteiger partial charge in [0.1, 0.15) is 0 Å². The van der Waals surface area contributed by atoms with Crippen molar-refractivity contribution < 1.29 is 4.79 Å². The van der Waals surface area contributed by atoms with Crippen LogP contribution in [0.1, 0.15) is 19.4 Å². The average molecular weight is 256 g/mol. The van der Waals surface area contributed by atoms with E-state index in [1.54, 1.807) is 7.05 Å². The molecule has 0 heterocycles. The maximum Gasteiger partial charge on any atom is 0.229 e. The fourth-order valence-corrected chi connectivity index (χ4v) is 1.72. The molecule has 0 unspecified atom stereocenters. The van der Waals surface area contributed by atoms with Gasteiger partial charge in [0.15, 0.2) is 0 Å². The summed E-state index contributed by atoms with van der Waals surface area (Å²) in [7, 11) is 1.65. The lowest BCUT2D eigenvalue weighted by Gasteiger charge is -2.23. The highest BCUT2D eigenvalue weighted by atomic mass is 79.9. The van der Waals surface area contributed by atoms with E-state index in [2.05, 4.69) is 21.2 Å². The van der Waals surface area contributed by atoms with Gasteiger partial charge in [0.05, 0.1) is 5.41 Å². The van der Waals surface area contributed by atoms with Crippen molar-refractivity contribution in [3.8, 4) is 0 Å². The second-order valence-electron chi connectivity index (χ2n) is 3.71. The van der Waals surface area contributed by atoms with Gasteiger partial charge in [-0.3, -0.25) is 4.79 Å². The zero-order valence-corrected chi connectivity index (χ0v) is 10.2. The van der Waals surface area contributed by atoms with Gasteiger partial charge in [-0.1, -0.05) is 28.1 Å². The lowest BCUT2D eigenvalue weighted by atomic mass is 9.84. The van der Waals surface area contributed by atoms with Crippen LogP contribution in [-0.2, 0) is 10.2 Å². The van der Waals surface area contributed by atoms with Crippen molar-refractivity contribution in [3.05, 3.63) is 34.3 Å². The largest absolute Gasteiger partial charge is 0.358 e. The number of rotatable bonds is 2. The highest BCUT2D eigenvalue weighted by molar-refractivity contribution is 9.10. The van der Waals surface area contributed by atoms with E-state index in [0.717, 1.165) is 10.0 Å². The van der Waals surface area contributed by atoms with Gasteiger partial charge in [0, 0.05) is 11.5 Å². The number of likely N-dealkylation sites (N-methyl/N-ethyl adjacent to an activating group) is 1. The molecule has 0 saturated heterocycles. The monoisotopic (exact) mass is 255 g/mol. The Morgan fingerprint density at radius 2 is 2.07 bits per heavy atom. The average Bonchev–Trinajstić information content (AvgIpc) is 2.16. The van der Waals surface area contributed by atoms with Crippen LogP contribution in [0.3, 0.4) is 0 Å². The predicted octanol–water partition coefficient (Wildman–Crippen LogP) is 2.47. The van der Waals surface area contributed by atoms with Crippen molar-refractivity contribution in [3.63, 3.8) is 0 Å².